The summed E-state index contributed by atoms with van der Waals surface area (Å²) in [6.07, 6.45) is -1.92. The maximum Gasteiger partial charge on any atom is 0.340 e. The number of aromatic nitrogens is 2. The molecule has 2 saturated carbocycles. The van der Waals surface area contributed by atoms with Crippen LogP contribution in [-0.2, 0) is 47.5 Å². The van der Waals surface area contributed by atoms with Crippen molar-refractivity contribution in [1.82, 2.24) is 9.97 Å². The number of hydrogen-bond acceptors (Lipinski definition) is 15. The first-order valence-corrected chi connectivity index (χ1v) is 17.8. The van der Waals surface area contributed by atoms with Gasteiger partial charge in [-0.3, -0.25) is 24.4 Å². The van der Waals surface area contributed by atoms with Crippen molar-refractivity contribution in [3.63, 3.8) is 0 Å². The zero-order valence-electron chi connectivity index (χ0n) is 31.2. The Kier molecular flexibility index (Phi) is 10.8. The van der Waals surface area contributed by atoms with E-state index in [-0.39, 0.29) is 23.1 Å². The third kappa shape index (κ3) is 7.04. The Bertz CT molecular complexity index is 1940. The molecule has 3 fully saturated rings. The number of hydrogen-bond donors (Lipinski definition) is 0. The number of nitrogens with zero attached hydrogens (tertiary/aromatic N) is 2. The summed E-state index contributed by atoms with van der Waals surface area (Å²) in [5.74, 6) is -6.75. The van der Waals surface area contributed by atoms with Crippen LogP contribution in [0.1, 0.15) is 79.0 Å². The monoisotopic (exact) mass is 758 g/mol. The Morgan fingerprint density at radius 3 is 1.78 bits per heavy atom. The topological polar surface area (TPSA) is 193 Å². The molecule has 2 aliphatic carbocycles. The minimum Gasteiger partial charge on any atom is -0.461 e. The highest BCUT2D eigenvalue weighted by Gasteiger charge is 2.86. The molecule has 290 valence electrons. The maximum atomic E-state index is 14.3. The van der Waals surface area contributed by atoms with E-state index in [2.05, 4.69) is 9.97 Å². The van der Waals surface area contributed by atoms with E-state index in [1.54, 1.807) is 39.0 Å². The summed E-state index contributed by atoms with van der Waals surface area (Å²) in [7, 11) is 0. The molecule has 3 aromatic rings. The largest absolute Gasteiger partial charge is 0.461 e. The number of rotatable bonds is 10. The summed E-state index contributed by atoms with van der Waals surface area (Å²) in [4.78, 5) is 89.3. The highest BCUT2D eigenvalue weighted by molar-refractivity contribution is 5.91. The van der Waals surface area contributed by atoms with Crippen molar-refractivity contribution in [3.05, 3.63) is 96.1 Å². The number of fused-ring (bicyclic) bond motifs is 1. The second kappa shape index (κ2) is 15.2. The van der Waals surface area contributed by atoms with Gasteiger partial charge in [0.05, 0.1) is 28.2 Å². The van der Waals surface area contributed by atoms with Crippen molar-refractivity contribution in [3.8, 4) is 0 Å². The van der Waals surface area contributed by atoms with Crippen LogP contribution in [0.4, 0.5) is 0 Å². The Hall–Kier alpha value is -5.70. The quantitative estimate of drug-likeness (QED) is 0.212. The van der Waals surface area contributed by atoms with E-state index < -0.39 is 101 Å². The van der Waals surface area contributed by atoms with Crippen molar-refractivity contribution in [1.29, 1.82) is 0 Å². The van der Waals surface area contributed by atoms with E-state index in [1.807, 2.05) is 0 Å². The zero-order valence-corrected chi connectivity index (χ0v) is 31.2. The molecule has 15 heteroatoms. The number of benzene rings is 1. The van der Waals surface area contributed by atoms with Gasteiger partial charge in [0.25, 0.3) is 0 Å². The van der Waals surface area contributed by atoms with Crippen LogP contribution in [0.3, 0.4) is 0 Å². The van der Waals surface area contributed by atoms with E-state index in [0.717, 1.165) is 6.92 Å². The molecule has 2 bridgehead atoms. The minimum absolute atomic E-state index is 0.00408. The summed E-state index contributed by atoms with van der Waals surface area (Å²) < 4.78 is 44.2. The summed E-state index contributed by atoms with van der Waals surface area (Å²) in [6.45, 7) is 7.91. The second-order valence-corrected chi connectivity index (χ2v) is 14.5. The Balaban J connectivity index is 1.67. The zero-order chi connectivity index (χ0) is 39.7. The fraction of sp³-hybridized carbons (Fsp3) is 0.450. The number of carbonyl (C=O) groups excluding carboxylic acids is 6. The van der Waals surface area contributed by atoms with Crippen molar-refractivity contribution in [2.45, 2.75) is 89.7 Å². The van der Waals surface area contributed by atoms with E-state index in [4.69, 9.17) is 33.2 Å². The molecule has 0 radical (unpaired) electrons. The molecule has 3 heterocycles. The SMILES string of the molecule is CC(=O)O[C@H]1C[C@@H](C)[C@]23OC(C)(C)[C@H]([C@@H](OC(=O)c4cccnc4)[C@@H](OC(=O)c4ccccc4)[C@]2(COC(=O)c2cccnc2)[C@H]1OC(C)=O)[C@H]3OC(C)=O. The first-order chi connectivity index (χ1) is 26.1. The lowest BCUT2D eigenvalue weighted by Crippen LogP contribution is -2.81. The fourth-order valence-electron chi connectivity index (χ4n) is 8.82. The molecule has 0 amide bonds. The first kappa shape index (κ1) is 39.0. The molecule has 0 unspecified atom stereocenters. The second-order valence-electron chi connectivity index (χ2n) is 14.5. The normalized spacial score (nSPS) is 30.1. The van der Waals surface area contributed by atoms with Gasteiger partial charge in [0, 0.05) is 45.6 Å². The predicted octanol–water partition coefficient (Wildman–Crippen LogP) is 4.08. The fourth-order valence-corrected chi connectivity index (χ4v) is 8.82. The van der Waals surface area contributed by atoms with Gasteiger partial charge in [-0.2, -0.15) is 0 Å². The Labute approximate surface area is 316 Å². The lowest BCUT2D eigenvalue weighted by Gasteiger charge is -2.64. The van der Waals surface area contributed by atoms with E-state index >= 15 is 0 Å². The average Bonchev–Trinajstić information content (AvgIpc) is 3.34. The third-order valence-corrected chi connectivity index (χ3v) is 10.7. The molecule has 6 rings (SSSR count). The van der Waals surface area contributed by atoms with Crippen LogP contribution < -0.4 is 0 Å². The van der Waals surface area contributed by atoms with Gasteiger partial charge in [0.1, 0.15) is 35.9 Å². The van der Waals surface area contributed by atoms with Gasteiger partial charge in [-0.1, -0.05) is 25.1 Å². The maximum absolute atomic E-state index is 14.3. The van der Waals surface area contributed by atoms with Gasteiger partial charge in [-0.25, -0.2) is 14.4 Å². The molecule has 1 aliphatic heterocycles. The standard InChI is InChI=1S/C40H42N2O13/c1-22-18-29(50-23(2)43)32(51-24(3)44)39(21-49-35(46)27-14-10-16-41-19-27)34(54-36(47)26-12-8-7-9-13-26)31(53-37(48)28-15-11-17-42-20-28)30-33(52-25(4)45)40(22,39)55-38(30,5)6/h7-17,19-20,22,29-34H,18,21H2,1-6H3/t22-,29+,30-,31-,32+,33-,34-,39+,40-/m1/s1. The van der Waals surface area contributed by atoms with Crippen molar-refractivity contribution in [2.75, 3.05) is 6.61 Å². The van der Waals surface area contributed by atoms with Crippen molar-refractivity contribution in [2.24, 2.45) is 17.3 Å². The molecule has 15 nitrogen and oxygen atoms in total. The Morgan fingerprint density at radius 2 is 1.22 bits per heavy atom. The summed E-state index contributed by atoms with van der Waals surface area (Å²) in [5, 5.41) is 0. The lowest BCUT2D eigenvalue weighted by atomic mass is 9.47. The molecular formula is C40H42N2O13. The van der Waals surface area contributed by atoms with E-state index in [9.17, 15) is 28.8 Å². The third-order valence-electron chi connectivity index (χ3n) is 10.7. The number of esters is 6. The van der Waals surface area contributed by atoms with Gasteiger partial charge in [-0.15, -0.1) is 0 Å². The minimum atomic E-state index is -2.12. The summed E-state index contributed by atoms with van der Waals surface area (Å²) in [5.41, 5.74) is -5.09. The molecule has 55 heavy (non-hydrogen) atoms. The highest BCUT2D eigenvalue weighted by atomic mass is 16.6. The molecule has 0 N–H and O–H groups in total. The van der Waals surface area contributed by atoms with Crippen molar-refractivity contribution < 1.29 is 61.9 Å². The van der Waals surface area contributed by atoms with Crippen LogP contribution in [-0.4, -0.2) is 94.1 Å². The number of pyridine rings is 2. The van der Waals surface area contributed by atoms with Crippen LogP contribution in [0.25, 0.3) is 0 Å². The molecule has 1 aromatic carbocycles. The molecule has 3 aliphatic rings. The summed E-state index contributed by atoms with van der Waals surface area (Å²) in [6, 6.07) is 14.0. The van der Waals surface area contributed by atoms with Gasteiger partial charge in [0.2, 0.25) is 0 Å². The lowest BCUT2D eigenvalue weighted by molar-refractivity contribution is -0.327. The molecule has 1 spiro atoms. The molecule has 9 atom stereocenters. The predicted molar refractivity (Wildman–Crippen MR) is 188 cm³/mol. The summed E-state index contributed by atoms with van der Waals surface area (Å²) >= 11 is 0. The smallest absolute Gasteiger partial charge is 0.340 e. The van der Waals surface area contributed by atoms with Crippen LogP contribution in [0.15, 0.2) is 79.4 Å². The van der Waals surface area contributed by atoms with Crippen LogP contribution in [0, 0.1) is 17.3 Å². The Morgan fingerprint density at radius 1 is 0.673 bits per heavy atom. The van der Waals surface area contributed by atoms with Gasteiger partial charge in [-0.05, 0) is 62.6 Å². The van der Waals surface area contributed by atoms with Crippen LogP contribution in [0.2, 0.25) is 0 Å². The van der Waals surface area contributed by atoms with Gasteiger partial charge in [0.15, 0.2) is 12.2 Å². The molecular weight excluding hydrogens is 716 g/mol. The van der Waals surface area contributed by atoms with E-state index in [0.29, 0.717) is 0 Å². The first-order valence-electron chi connectivity index (χ1n) is 17.8. The highest BCUT2D eigenvalue weighted by Crippen LogP contribution is 2.68. The molecule has 1 saturated heterocycles. The van der Waals surface area contributed by atoms with Gasteiger partial charge >= 0.3 is 35.8 Å². The number of carbonyl (C=O) groups is 6. The van der Waals surface area contributed by atoms with Crippen molar-refractivity contribution >= 4 is 35.8 Å². The number of ether oxygens (including phenoxy) is 7. The van der Waals surface area contributed by atoms with Crippen LogP contribution >= 0.6 is 0 Å². The van der Waals surface area contributed by atoms with Gasteiger partial charge < -0.3 is 33.2 Å². The average molecular weight is 759 g/mol. The van der Waals surface area contributed by atoms with E-state index in [1.165, 1.54) is 75.0 Å². The molecule has 2 aromatic heterocycles. The van der Waals surface area contributed by atoms with Crippen LogP contribution in [0.5, 0.6) is 0 Å².